The Kier molecular flexibility index (Phi) is 8.14. The second-order valence-corrected chi connectivity index (χ2v) is 3.53. The van der Waals surface area contributed by atoms with Gasteiger partial charge in [0.05, 0.1) is 6.61 Å². The molecule has 0 amide bonds. The van der Waals surface area contributed by atoms with Gasteiger partial charge in [-0.2, -0.15) is 0 Å². The number of ether oxygens (including phenoxy) is 1. The van der Waals surface area contributed by atoms with Gasteiger partial charge in [-0.1, -0.05) is 0 Å². The number of carbonyl (C=O) groups is 1. The van der Waals surface area contributed by atoms with Crippen LogP contribution in [-0.2, 0) is 37.0 Å². The van der Waals surface area contributed by atoms with Crippen molar-refractivity contribution >= 4 is 16.4 Å². The van der Waals surface area contributed by atoms with Crippen molar-refractivity contribution in [1.29, 1.82) is 0 Å². The maximum absolute atomic E-state index is 10.5. The van der Waals surface area contributed by atoms with Crippen LogP contribution in [0.3, 0.4) is 0 Å². The molecule has 0 saturated carbocycles. The number of esters is 1. The zero-order chi connectivity index (χ0) is 13.8. The van der Waals surface area contributed by atoms with Crippen LogP contribution < -0.4 is 0 Å². The zero-order valence-corrected chi connectivity index (χ0v) is 10.3. The molecule has 0 fully saturated rings. The summed E-state index contributed by atoms with van der Waals surface area (Å²) < 4.78 is 38.4. The summed E-state index contributed by atoms with van der Waals surface area (Å²) in [4.78, 5) is 10.5. The van der Waals surface area contributed by atoms with E-state index in [4.69, 9.17) is 37.9 Å². The molecule has 0 aromatic rings. The number of cyclic esters (lactones) is 1. The molecule has 2 atom stereocenters. The van der Waals surface area contributed by atoms with Gasteiger partial charge in [-0.05, 0) is 0 Å². The van der Waals surface area contributed by atoms with Crippen molar-refractivity contribution in [3.05, 3.63) is 11.5 Å². The Hall–Kier alpha value is -0.881. The van der Waals surface area contributed by atoms with Crippen LogP contribution in [0.4, 0.5) is 0 Å². The van der Waals surface area contributed by atoms with Crippen molar-refractivity contribution < 1.29 is 64.5 Å². The van der Waals surface area contributed by atoms with E-state index >= 15 is 0 Å². The van der Waals surface area contributed by atoms with Crippen molar-refractivity contribution in [1.82, 2.24) is 0 Å². The van der Waals surface area contributed by atoms with E-state index in [1.165, 1.54) is 0 Å². The number of hydrogen-bond donors (Lipinski definition) is 4. The van der Waals surface area contributed by atoms with Crippen molar-refractivity contribution in [3.8, 4) is 0 Å². The molecule has 0 aromatic carbocycles. The predicted octanol–water partition coefficient (Wildman–Crippen LogP) is -2.75. The molecule has 12 heteroatoms. The van der Waals surface area contributed by atoms with E-state index in [0.29, 0.717) is 0 Å². The van der Waals surface area contributed by atoms with Crippen molar-refractivity contribution in [3.63, 3.8) is 0 Å². The second kappa shape index (κ2) is 7.53. The monoisotopic (exact) mass is 328 g/mol. The summed E-state index contributed by atoms with van der Waals surface area (Å²) in [5.41, 5.74) is 0. The molecule has 1 aliphatic rings. The summed E-state index contributed by atoms with van der Waals surface area (Å²) in [5, 5.41) is 35.0. The number of aliphatic hydroxyl groups is 4. The Labute approximate surface area is 112 Å². The minimum atomic E-state index is -5.17. The van der Waals surface area contributed by atoms with Gasteiger partial charge in [0.25, 0.3) is 0 Å². The molecule has 4 N–H and O–H groups in total. The predicted molar refractivity (Wildman–Crippen MR) is 45.7 cm³/mol. The molecule has 0 aliphatic carbocycles. The maximum Gasteiger partial charge on any atom is 2.00 e. The molecule has 1 unspecified atom stereocenters. The van der Waals surface area contributed by atoms with Crippen molar-refractivity contribution in [2.45, 2.75) is 12.2 Å². The molecule has 1 heterocycles. The first-order valence-corrected chi connectivity index (χ1v) is 5.20. The Morgan fingerprint density at radius 2 is 1.72 bits per heavy atom. The van der Waals surface area contributed by atoms with Gasteiger partial charge in [0, 0.05) is 10.4 Å². The third kappa shape index (κ3) is 6.76. The molecule has 10 nitrogen and oxygen atoms in total. The molecular weight excluding hydrogens is 320 g/mol. The molecule has 0 aromatic heterocycles. The van der Waals surface area contributed by atoms with E-state index < -0.39 is 46.7 Å². The Morgan fingerprint density at radius 1 is 1.33 bits per heavy atom. The van der Waals surface area contributed by atoms with Gasteiger partial charge in [0.2, 0.25) is 5.76 Å². The quantitative estimate of drug-likeness (QED) is 0.179. The smallest absolute Gasteiger partial charge is 0.759 e. The fraction of sp³-hybridized carbons (Fsp3) is 0.500. The number of aliphatic hydroxyl groups excluding tert-OH is 4. The van der Waals surface area contributed by atoms with Crippen LogP contribution >= 0.6 is 0 Å². The Bertz CT molecular complexity index is 406. The number of carbonyl (C=O) groups excluding carboxylic acids is 1. The third-order valence-corrected chi connectivity index (χ3v) is 1.48. The summed E-state index contributed by atoms with van der Waals surface area (Å²) in [6.07, 6.45) is -2.78. The van der Waals surface area contributed by atoms with Gasteiger partial charge in [-0.3, -0.25) is 8.42 Å². The fourth-order valence-electron chi connectivity index (χ4n) is 0.823. The van der Waals surface area contributed by atoms with Gasteiger partial charge < -0.3 is 34.3 Å². The van der Waals surface area contributed by atoms with E-state index in [1.54, 1.807) is 0 Å². The normalized spacial score (nSPS) is 20.4. The standard InChI is InChI=1S/C6H8O6.Fe.H2O4S/c7-1-2(8)5-3(9)4(10)6(11)12-5;;1-5(2,3)4/h2,5,7-10H,1H2;;(H2,1,2,3,4)/q;+2;/p-2/t2-,5?;;/m0../s1. The van der Waals surface area contributed by atoms with E-state index in [9.17, 15) is 4.79 Å². The van der Waals surface area contributed by atoms with E-state index in [1.807, 2.05) is 0 Å². The van der Waals surface area contributed by atoms with Crippen LogP contribution in [0.25, 0.3) is 0 Å². The average molecular weight is 328 g/mol. The minimum absolute atomic E-state index is 0. The van der Waals surface area contributed by atoms with E-state index in [-0.39, 0.29) is 17.1 Å². The molecule has 0 bridgehead atoms. The minimum Gasteiger partial charge on any atom is -0.759 e. The van der Waals surface area contributed by atoms with Gasteiger partial charge in [0.1, 0.15) is 6.10 Å². The van der Waals surface area contributed by atoms with Crippen LogP contribution in [0.2, 0.25) is 0 Å². The van der Waals surface area contributed by atoms with Crippen LogP contribution in [-0.4, -0.2) is 62.7 Å². The molecule has 1 aliphatic heterocycles. The summed E-state index contributed by atoms with van der Waals surface area (Å²) >= 11 is 0. The molecule has 106 valence electrons. The Morgan fingerprint density at radius 3 is 1.94 bits per heavy atom. The summed E-state index contributed by atoms with van der Waals surface area (Å²) in [5.74, 6) is -2.78. The molecular formula is C6H8FeO10S. The van der Waals surface area contributed by atoms with E-state index in [0.717, 1.165) is 0 Å². The van der Waals surface area contributed by atoms with Gasteiger partial charge >= 0.3 is 23.0 Å². The van der Waals surface area contributed by atoms with Gasteiger partial charge in [0.15, 0.2) is 11.9 Å². The summed E-state index contributed by atoms with van der Waals surface area (Å²) in [6.45, 7) is -0.671. The number of rotatable bonds is 2. The Balaban J connectivity index is 0. The first kappa shape index (κ1) is 19.5. The van der Waals surface area contributed by atoms with Crippen LogP contribution in [0.5, 0.6) is 0 Å². The molecule has 1 rings (SSSR count). The SMILES string of the molecule is O=C1OC([C@@H](O)CO)C(O)=C1O.O=S(=O)([O-])[O-].[Fe+2]. The van der Waals surface area contributed by atoms with Gasteiger partial charge in [-0.15, -0.1) is 0 Å². The molecule has 0 radical (unpaired) electrons. The molecule has 18 heavy (non-hydrogen) atoms. The molecule has 0 saturated heterocycles. The van der Waals surface area contributed by atoms with Crippen LogP contribution in [0.15, 0.2) is 11.5 Å². The van der Waals surface area contributed by atoms with Gasteiger partial charge in [-0.25, -0.2) is 4.79 Å². The summed E-state index contributed by atoms with van der Waals surface area (Å²) in [7, 11) is -5.17. The van der Waals surface area contributed by atoms with E-state index in [2.05, 4.69) is 4.74 Å². The fourth-order valence-corrected chi connectivity index (χ4v) is 0.823. The van der Waals surface area contributed by atoms with Crippen LogP contribution in [0.1, 0.15) is 0 Å². The topological polar surface area (TPSA) is 187 Å². The third-order valence-electron chi connectivity index (χ3n) is 1.48. The maximum atomic E-state index is 10.5. The zero-order valence-electron chi connectivity index (χ0n) is 8.36. The van der Waals surface area contributed by atoms with Crippen LogP contribution in [0, 0.1) is 0 Å². The van der Waals surface area contributed by atoms with Crippen molar-refractivity contribution in [2.24, 2.45) is 0 Å². The van der Waals surface area contributed by atoms with Crippen molar-refractivity contribution in [2.75, 3.05) is 6.61 Å². The molecule has 0 spiro atoms. The number of hydrogen-bond acceptors (Lipinski definition) is 10. The first-order valence-electron chi connectivity index (χ1n) is 3.86. The summed E-state index contributed by atoms with van der Waals surface area (Å²) in [6, 6.07) is 0. The average Bonchev–Trinajstić information content (AvgIpc) is 2.42. The first-order chi connectivity index (χ1) is 7.57. The largest absolute Gasteiger partial charge is 2.00 e. The second-order valence-electron chi connectivity index (χ2n) is 2.72.